The van der Waals surface area contributed by atoms with Crippen molar-refractivity contribution >= 4 is 5.97 Å². The Hall–Kier alpha value is -0.610. The van der Waals surface area contributed by atoms with Gasteiger partial charge >= 0.3 is 5.97 Å². The van der Waals surface area contributed by atoms with Crippen molar-refractivity contribution < 1.29 is 19.4 Å². The average molecular weight is 132 g/mol. The van der Waals surface area contributed by atoms with Gasteiger partial charge in [-0.15, -0.1) is 0 Å². The fourth-order valence-electron chi connectivity index (χ4n) is 0.335. The minimum Gasteiger partial charge on any atom is -0.431 e. The molecule has 1 aliphatic heterocycles. The molecule has 0 saturated carbocycles. The molecule has 9 heavy (non-hydrogen) atoms. The number of ether oxygens (including phenoxy) is 2. The van der Waals surface area contributed by atoms with E-state index < -0.39 is 18.4 Å². The molecule has 0 spiro atoms. The maximum atomic E-state index is 10.4. The van der Waals surface area contributed by atoms with Crippen LogP contribution in [0.2, 0.25) is 0 Å². The van der Waals surface area contributed by atoms with Gasteiger partial charge in [-0.3, -0.25) is 0 Å². The molecule has 0 aliphatic carbocycles. The Bertz CT molecular complexity index is 116. The van der Waals surface area contributed by atoms with Crippen molar-refractivity contribution in [3.05, 3.63) is 0 Å². The van der Waals surface area contributed by atoms with Gasteiger partial charge in [-0.25, -0.2) is 4.79 Å². The Morgan fingerprint density at radius 3 is 2.89 bits per heavy atom. The summed E-state index contributed by atoms with van der Waals surface area (Å²) in [4.78, 5) is 10.4. The van der Waals surface area contributed by atoms with Crippen LogP contribution >= 0.6 is 0 Å². The highest BCUT2D eigenvalue weighted by Crippen LogP contribution is 2.10. The summed E-state index contributed by atoms with van der Waals surface area (Å²) >= 11 is 0. The van der Waals surface area contributed by atoms with Gasteiger partial charge in [0.1, 0.15) is 12.7 Å². The molecule has 0 amide bonds. The van der Waals surface area contributed by atoms with Crippen molar-refractivity contribution in [2.24, 2.45) is 0 Å². The molecule has 0 aromatic carbocycles. The molecule has 4 nitrogen and oxygen atoms in total. The first-order valence-corrected chi connectivity index (χ1v) is 2.70. The van der Waals surface area contributed by atoms with Crippen LogP contribution in [0.4, 0.5) is 0 Å². The summed E-state index contributed by atoms with van der Waals surface area (Å²) in [6.45, 7) is 1.81. The summed E-state index contributed by atoms with van der Waals surface area (Å²) in [6, 6.07) is 0. The normalized spacial score (nSPS) is 27.1. The lowest BCUT2D eigenvalue weighted by atomic mass is 10.4. The quantitative estimate of drug-likeness (QED) is 0.397. The lowest BCUT2D eigenvalue weighted by Crippen LogP contribution is -2.20. The molecule has 1 saturated heterocycles. The van der Waals surface area contributed by atoms with E-state index >= 15 is 0 Å². The number of aliphatic hydroxyl groups excluding tert-OH is 1. The first-order chi connectivity index (χ1) is 4.20. The SMILES string of the molecule is CC(O)C(=O)OC1CO1. The van der Waals surface area contributed by atoms with Gasteiger partial charge in [-0.05, 0) is 6.92 Å². The first kappa shape index (κ1) is 6.51. The summed E-state index contributed by atoms with van der Waals surface area (Å²) in [5, 5.41) is 8.57. The molecule has 2 unspecified atom stereocenters. The molecule has 1 aliphatic rings. The van der Waals surface area contributed by atoms with E-state index in [1.807, 2.05) is 0 Å². The third-order valence-electron chi connectivity index (χ3n) is 0.891. The van der Waals surface area contributed by atoms with E-state index in [-0.39, 0.29) is 0 Å². The van der Waals surface area contributed by atoms with Crippen molar-refractivity contribution in [1.29, 1.82) is 0 Å². The average Bonchev–Trinajstić information content (AvgIpc) is 2.50. The number of hydrogen-bond acceptors (Lipinski definition) is 4. The zero-order valence-electron chi connectivity index (χ0n) is 5.03. The second-order valence-electron chi connectivity index (χ2n) is 1.88. The number of hydrogen-bond donors (Lipinski definition) is 1. The van der Waals surface area contributed by atoms with Crippen LogP contribution in [0.3, 0.4) is 0 Å². The zero-order valence-corrected chi connectivity index (χ0v) is 5.03. The lowest BCUT2D eigenvalue weighted by molar-refractivity contribution is -0.157. The van der Waals surface area contributed by atoms with Crippen LogP contribution in [0, 0.1) is 0 Å². The van der Waals surface area contributed by atoms with Gasteiger partial charge in [0.05, 0.1) is 0 Å². The van der Waals surface area contributed by atoms with Gasteiger partial charge in [0, 0.05) is 0 Å². The van der Waals surface area contributed by atoms with Crippen LogP contribution in [0.15, 0.2) is 0 Å². The Morgan fingerprint density at radius 1 is 2.00 bits per heavy atom. The predicted octanol–water partition coefficient (Wildman–Crippen LogP) is -0.733. The van der Waals surface area contributed by atoms with E-state index in [2.05, 4.69) is 9.47 Å². The highest BCUT2D eigenvalue weighted by molar-refractivity contribution is 5.73. The summed E-state index contributed by atoms with van der Waals surface area (Å²) < 4.78 is 9.09. The number of carbonyl (C=O) groups is 1. The summed E-state index contributed by atoms with van der Waals surface area (Å²) in [5.74, 6) is -0.627. The molecule has 52 valence electrons. The second-order valence-corrected chi connectivity index (χ2v) is 1.88. The third kappa shape index (κ3) is 1.99. The van der Waals surface area contributed by atoms with Crippen molar-refractivity contribution in [2.75, 3.05) is 6.61 Å². The zero-order chi connectivity index (χ0) is 6.85. The summed E-state index contributed by atoms with van der Waals surface area (Å²) in [5.41, 5.74) is 0. The second kappa shape index (κ2) is 2.33. The first-order valence-electron chi connectivity index (χ1n) is 2.70. The molecule has 1 rings (SSSR count). The fraction of sp³-hybridized carbons (Fsp3) is 0.800. The number of rotatable bonds is 2. The smallest absolute Gasteiger partial charge is 0.337 e. The van der Waals surface area contributed by atoms with Crippen LogP contribution in [0.5, 0.6) is 0 Å². The maximum Gasteiger partial charge on any atom is 0.337 e. The van der Waals surface area contributed by atoms with Crippen LogP contribution in [0.1, 0.15) is 6.92 Å². The summed E-state index contributed by atoms with van der Waals surface area (Å²) in [7, 11) is 0. The Labute approximate surface area is 52.4 Å². The molecule has 1 heterocycles. The minimum atomic E-state index is -1.05. The molecule has 1 N–H and O–H groups in total. The number of carbonyl (C=O) groups excluding carboxylic acids is 1. The van der Waals surface area contributed by atoms with Crippen LogP contribution in [0.25, 0.3) is 0 Å². The topological polar surface area (TPSA) is 59.1 Å². The fourth-order valence-corrected chi connectivity index (χ4v) is 0.335. The highest BCUT2D eigenvalue weighted by Gasteiger charge is 2.28. The largest absolute Gasteiger partial charge is 0.431 e. The Morgan fingerprint density at radius 2 is 2.56 bits per heavy atom. The highest BCUT2D eigenvalue weighted by atomic mass is 16.8. The molecule has 0 bridgehead atoms. The van der Waals surface area contributed by atoms with E-state index in [0.717, 1.165) is 0 Å². The monoisotopic (exact) mass is 132 g/mol. The molecule has 4 heteroatoms. The molecule has 0 radical (unpaired) electrons. The van der Waals surface area contributed by atoms with Gasteiger partial charge in [0.15, 0.2) is 0 Å². The van der Waals surface area contributed by atoms with E-state index in [0.29, 0.717) is 6.61 Å². The molecular weight excluding hydrogens is 124 g/mol. The van der Waals surface area contributed by atoms with Crippen molar-refractivity contribution in [3.63, 3.8) is 0 Å². The van der Waals surface area contributed by atoms with Crippen molar-refractivity contribution in [2.45, 2.75) is 19.3 Å². The Balaban J connectivity index is 2.17. The van der Waals surface area contributed by atoms with Gasteiger partial charge in [-0.2, -0.15) is 0 Å². The van der Waals surface area contributed by atoms with E-state index in [1.165, 1.54) is 6.92 Å². The molecule has 2 atom stereocenters. The minimum absolute atomic E-state index is 0.396. The van der Waals surface area contributed by atoms with Gasteiger partial charge in [-0.1, -0.05) is 0 Å². The van der Waals surface area contributed by atoms with Gasteiger partial charge in [0.25, 0.3) is 0 Å². The Kier molecular flexibility index (Phi) is 1.68. The number of aliphatic hydroxyl groups is 1. The molecule has 0 aromatic heterocycles. The molecule has 0 aromatic rings. The van der Waals surface area contributed by atoms with Gasteiger partial charge < -0.3 is 14.6 Å². The van der Waals surface area contributed by atoms with Crippen LogP contribution < -0.4 is 0 Å². The van der Waals surface area contributed by atoms with Crippen LogP contribution in [-0.4, -0.2) is 30.1 Å². The molecule has 1 fully saturated rings. The maximum absolute atomic E-state index is 10.4. The third-order valence-corrected chi connectivity index (χ3v) is 0.891. The van der Waals surface area contributed by atoms with Crippen molar-refractivity contribution in [3.8, 4) is 0 Å². The predicted molar refractivity (Wildman–Crippen MR) is 27.5 cm³/mol. The number of esters is 1. The lowest BCUT2D eigenvalue weighted by Gasteiger charge is -2.00. The van der Waals surface area contributed by atoms with E-state index in [4.69, 9.17) is 5.11 Å². The standard InChI is InChI=1S/C5H8O4/c1-3(6)5(7)9-4-2-8-4/h3-4,6H,2H2,1H3. The van der Waals surface area contributed by atoms with Crippen LogP contribution in [-0.2, 0) is 14.3 Å². The van der Waals surface area contributed by atoms with E-state index in [1.54, 1.807) is 0 Å². The summed E-state index contributed by atoms with van der Waals surface area (Å²) in [6.07, 6.45) is -1.44. The molecular formula is C5H8O4. The van der Waals surface area contributed by atoms with E-state index in [9.17, 15) is 4.79 Å². The number of epoxide rings is 1. The van der Waals surface area contributed by atoms with Gasteiger partial charge in [0.2, 0.25) is 6.29 Å². The van der Waals surface area contributed by atoms with Crippen molar-refractivity contribution in [1.82, 2.24) is 0 Å².